The zero-order chi connectivity index (χ0) is 22.8. The molecule has 168 valence electrons. The predicted molar refractivity (Wildman–Crippen MR) is 125 cm³/mol. The molecule has 2 N–H and O–H groups in total. The van der Waals surface area contributed by atoms with Crippen LogP contribution >= 0.6 is 11.3 Å². The van der Waals surface area contributed by atoms with Crippen LogP contribution in [0.4, 0.5) is 5.69 Å². The van der Waals surface area contributed by atoms with Crippen LogP contribution in [0, 0.1) is 0 Å². The number of benzene rings is 2. The number of nitrogens with zero attached hydrogens (tertiary/aromatic N) is 3. The van der Waals surface area contributed by atoms with Gasteiger partial charge >= 0.3 is 0 Å². The van der Waals surface area contributed by atoms with Gasteiger partial charge in [0.25, 0.3) is 11.8 Å². The Bertz CT molecular complexity index is 1010. The van der Waals surface area contributed by atoms with E-state index in [4.69, 9.17) is 4.74 Å². The van der Waals surface area contributed by atoms with Gasteiger partial charge in [0, 0.05) is 31.5 Å². The molecule has 2 amide bonds. The molecule has 32 heavy (non-hydrogen) atoms. The summed E-state index contributed by atoms with van der Waals surface area (Å²) in [6.45, 7) is 2.68. The molecule has 3 aromatic rings. The first-order valence-electron chi connectivity index (χ1n) is 10.3. The van der Waals surface area contributed by atoms with Gasteiger partial charge in [0.15, 0.2) is 0 Å². The van der Waals surface area contributed by atoms with E-state index in [0.29, 0.717) is 29.4 Å². The summed E-state index contributed by atoms with van der Waals surface area (Å²) in [5.74, 6) is -0.483. The molecule has 1 aromatic heterocycles. The molecule has 3 rings (SSSR count). The molecule has 9 heteroatoms. The maximum atomic E-state index is 12.4. The Morgan fingerprint density at radius 3 is 2.50 bits per heavy atom. The summed E-state index contributed by atoms with van der Waals surface area (Å²) in [5, 5.41) is 14.4. The van der Waals surface area contributed by atoms with Crippen LogP contribution in [0.2, 0.25) is 0 Å². The molecule has 0 atom stereocenters. The smallest absolute Gasteiger partial charge is 0.286 e. The molecular weight excluding hydrogens is 426 g/mol. The lowest BCUT2D eigenvalue weighted by atomic mass is 10.2. The number of aromatic nitrogens is 2. The maximum absolute atomic E-state index is 12.4. The largest absolute Gasteiger partial charge is 0.377 e. The van der Waals surface area contributed by atoms with E-state index >= 15 is 0 Å². The minimum atomic E-state index is -0.346. The normalized spacial score (nSPS) is 10.8. The van der Waals surface area contributed by atoms with Gasteiger partial charge < -0.3 is 20.3 Å². The van der Waals surface area contributed by atoms with Gasteiger partial charge in [-0.3, -0.25) is 9.59 Å². The summed E-state index contributed by atoms with van der Waals surface area (Å²) in [5.41, 5.74) is 2.39. The molecule has 1 heterocycles. The van der Waals surface area contributed by atoms with Crippen molar-refractivity contribution < 1.29 is 14.3 Å². The third kappa shape index (κ3) is 7.23. The average molecular weight is 454 g/mol. The Morgan fingerprint density at radius 2 is 1.78 bits per heavy atom. The minimum absolute atomic E-state index is 0.137. The Hall–Kier alpha value is -3.14. The molecule has 8 nitrogen and oxygen atoms in total. The Balaban J connectivity index is 1.40. The Kier molecular flexibility index (Phi) is 8.85. The van der Waals surface area contributed by atoms with Crippen LogP contribution in [0.3, 0.4) is 0 Å². The van der Waals surface area contributed by atoms with Crippen molar-refractivity contribution in [1.82, 2.24) is 20.4 Å². The summed E-state index contributed by atoms with van der Waals surface area (Å²) >= 11 is 1.18. The summed E-state index contributed by atoms with van der Waals surface area (Å²) in [7, 11) is 3.63. The molecule has 0 bridgehead atoms. The highest BCUT2D eigenvalue weighted by molar-refractivity contribution is 7.13. The van der Waals surface area contributed by atoms with Gasteiger partial charge in [-0.2, -0.15) is 0 Å². The highest BCUT2D eigenvalue weighted by Gasteiger charge is 2.13. The molecule has 0 unspecified atom stereocenters. The van der Waals surface area contributed by atoms with E-state index in [9.17, 15) is 9.59 Å². The minimum Gasteiger partial charge on any atom is -0.377 e. The number of nitrogens with one attached hydrogen (secondary N) is 2. The second kappa shape index (κ2) is 12.0. The molecule has 0 aliphatic heterocycles. The SMILES string of the molecule is COCc1nnc(C(=O)Nc2ccc(C(=O)NCCCN(C)Cc3ccccc3)cc2)s1. The van der Waals surface area contributed by atoms with Gasteiger partial charge in [0.1, 0.15) is 5.01 Å². The van der Waals surface area contributed by atoms with Crippen molar-refractivity contribution in [2.24, 2.45) is 0 Å². The molecule has 0 saturated carbocycles. The summed E-state index contributed by atoms with van der Waals surface area (Å²) in [4.78, 5) is 26.9. The number of ether oxygens (including phenoxy) is 1. The van der Waals surface area contributed by atoms with Crippen LogP contribution < -0.4 is 10.6 Å². The quantitative estimate of drug-likeness (QED) is 0.433. The van der Waals surface area contributed by atoms with Crippen LogP contribution in [0.1, 0.15) is 37.2 Å². The molecular formula is C23H27N5O3S. The van der Waals surface area contributed by atoms with Crippen molar-refractivity contribution in [2.45, 2.75) is 19.6 Å². The van der Waals surface area contributed by atoms with Gasteiger partial charge in [-0.1, -0.05) is 41.7 Å². The van der Waals surface area contributed by atoms with E-state index < -0.39 is 0 Å². The zero-order valence-electron chi connectivity index (χ0n) is 18.2. The molecule has 0 fully saturated rings. The van der Waals surface area contributed by atoms with E-state index in [1.165, 1.54) is 16.9 Å². The van der Waals surface area contributed by atoms with Crippen LogP contribution in [0.25, 0.3) is 0 Å². The third-order valence-electron chi connectivity index (χ3n) is 4.63. The van der Waals surface area contributed by atoms with Gasteiger partial charge in [-0.05, 0) is 49.8 Å². The molecule has 2 aromatic carbocycles. The van der Waals surface area contributed by atoms with Gasteiger partial charge in [-0.15, -0.1) is 10.2 Å². The van der Waals surface area contributed by atoms with E-state index in [-0.39, 0.29) is 16.8 Å². The Morgan fingerprint density at radius 1 is 1.03 bits per heavy atom. The zero-order valence-corrected chi connectivity index (χ0v) is 19.0. The van der Waals surface area contributed by atoms with Gasteiger partial charge in [0.2, 0.25) is 5.01 Å². The number of carbonyl (C=O) groups excluding carboxylic acids is 2. The second-order valence-corrected chi connectivity index (χ2v) is 8.36. The summed E-state index contributed by atoms with van der Waals surface area (Å²) < 4.78 is 4.98. The fourth-order valence-corrected chi connectivity index (χ4v) is 3.75. The first-order valence-corrected chi connectivity index (χ1v) is 11.1. The summed E-state index contributed by atoms with van der Waals surface area (Å²) in [6, 6.07) is 17.1. The van der Waals surface area contributed by atoms with Crippen LogP contribution in [0.15, 0.2) is 54.6 Å². The number of rotatable bonds is 11. The van der Waals surface area contributed by atoms with E-state index in [2.05, 4.69) is 44.9 Å². The van der Waals surface area contributed by atoms with Crippen molar-refractivity contribution in [1.29, 1.82) is 0 Å². The number of hydrogen-bond donors (Lipinski definition) is 2. The molecule has 0 radical (unpaired) electrons. The van der Waals surface area contributed by atoms with Crippen molar-refractivity contribution in [3.63, 3.8) is 0 Å². The lowest BCUT2D eigenvalue weighted by Crippen LogP contribution is -2.28. The number of methoxy groups -OCH3 is 1. The van der Waals surface area contributed by atoms with Crippen molar-refractivity contribution in [3.05, 3.63) is 75.7 Å². The highest BCUT2D eigenvalue weighted by atomic mass is 32.1. The monoisotopic (exact) mass is 453 g/mol. The predicted octanol–water partition coefficient (Wildman–Crippen LogP) is 3.19. The van der Waals surface area contributed by atoms with Crippen LogP contribution in [-0.4, -0.2) is 54.2 Å². The molecule has 0 aliphatic rings. The average Bonchev–Trinajstić information content (AvgIpc) is 3.27. The lowest BCUT2D eigenvalue weighted by molar-refractivity contribution is 0.0951. The van der Waals surface area contributed by atoms with E-state index in [1.54, 1.807) is 31.4 Å². The van der Waals surface area contributed by atoms with E-state index in [0.717, 1.165) is 19.5 Å². The first-order chi connectivity index (χ1) is 15.5. The first kappa shape index (κ1) is 23.5. The number of carbonyl (C=O) groups is 2. The van der Waals surface area contributed by atoms with Crippen LogP contribution in [-0.2, 0) is 17.9 Å². The highest BCUT2D eigenvalue weighted by Crippen LogP contribution is 2.15. The molecule has 0 spiro atoms. The maximum Gasteiger partial charge on any atom is 0.286 e. The third-order valence-corrected chi connectivity index (χ3v) is 5.53. The Labute approximate surface area is 191 Å². The second-order valence-electron chi connectivity index (χ2n) is 7.30. The van der Waals surface area contributed by atoms with Crippen LogP contribution in [0.5, 0.6) is 0 Å². The molecule has 0 aliphatic carbocycles. The number of amides is 2. The number of anilines is 1. The van der Waals surface area contributed by atoms with Crippen molar-refractivity contribution in [2.75, 3.05) is 32.6 Å². The number of hydrogen-bond acceptors (Lipinski definition) is 7. The topological polar surface area (TPSA) is 96.5 Å². The van der Waals surface area contributed by atoms with Crippen molar-refractivity contribution >= 4 is 28.8 Å². The lowest BCUT2D eigenvalue weighted by Gasteiger charge is -2.16. The van der Waals surface area contributed by atoms with Crippen molar-refractivity contribution in [3.8, 4) is 0 Å². The fourth-order valence-electron chi connectivity index (χ4n) is 3.04. The standard InChI is InChI=1S/C23H27N5O3S/c1-28(15-17-7-4-3-5-8-17)14-6-13-24-21(29)18-9-11-19(12-10-18)25-22(30)23-27-26-20(32-23)16-31-2/h3-5,7-12H,6,13-16H2,1-2H3,(H,24,29)(H,25,30). The van der Waals surface area contributed by atoms with Gasteiger partial charge in [-0.25, -0.2) is 0 Å². The van der Waals surface area contributed by atoms with Gasteiger partial charge in [0.05, 0.1) is 6.61 Å². The molecule has 0 saturated heterocycles. The fraction of sp³-hybridized carbons (Fsp3) is 0.304. The summed E-state index contributed by atoms with van der Waals surface area (Å²) in [6.07, 6.45) is 0.857. The van der Waals surface area contributed by atoms with E-state index in [1.807, 2.05) is 18.2 Å².